The van der Waals surface area contributed by atoms with E-state index in [0.717, 1.165) is 6.07 Å². The number of hydrogen-bond donors (Lipinski definition) is 1. The molecule has 0 aliphatic rings. The molecule has 1 aromatic carbocycles. The van der Waals surface area contributed by atoms with Crippen LogP contribution in [0.4, 0.5) is 10.1 Å². The SMILES string of the molecule is Cc1ccc(C#N)c(Oc2ccc(N)c(F)c2)n1. The lowest BCUT2D eigenvalue weighted by atomic mass is 10.2. The Kier molecular flexibility index (Phi) is 3.11. The molecule has 0 unspecified atom stereocenters. The van der Waals surface area contributed by atoms with E-state index in [1.807, 2.05) is 6.07 Å². The highest BCUT2D eigenvalue weighted by Gasteiger charge is 2.08. The van der Waals surface area contributed by atoms with Gasteiger partial charge < -0.3 is 10.5 Å². The van der Waals surface area contributed by atoms with Gasteiger partial charge in [-0.25, -0.2) is 9.37 Å². The Bertz CT molecular complexity index is 635. The van der Waals surface area contributed by atoms with E-state index >= 15 is 0 Å². The van der Waals surface area contributed by atoms with Crippen LogP contribution in [-0.2, 0) is 0 Å². The van der Waals surface area contributed by atoms with Gasteiger partial charge in [-0.2, -0.15) is 5.26 Å². The zero-order valence-electron chi connectivity index (χ0n) is 9.64. The first-order valence-electron chi connectivity index (χ1n) is 5.21. The molecule has 1 heterocycles. The summed E-state index contributed by atoms with van der Waals surface area (Å²) in [5.41, 5.74) is 6.40. The number of rotatable bonds is 2. The first-order valence-corrected chi connectivity index (χ1v) is 5.21. The van der Waals surface area contributed by atoms with Gasteiger partial charge in [0.1, 0.15) is 23.2 Å². The Labute approximate surface area is 103 Å². The quantitative estimate of drug-likeness (QED) is 0.823. The number of pyridine rings is 1. The van der Waals surface area contributed by atoms with Crippen LogP contribution in [0.15, 0.2) is 30.3 Å². The molecule has 0 radical (unpaired) electrons. The molecular weight excluding hydrogens is 233 g/mol. The third kappa shape index (κ3) is 2.38. The smallest absolute Gasteiger partial charge is 0.237 e. The van der Waals surface area contributed by atoms with Gasteiger partial charge in [-0.05, 0) is 31.2 Å². The van der Waals surface area contributed by atoms with Crippen LogP contribution in [-0.4, -0.2) is 4.98 Å². The number of halogens is 1. The summed E-state index contributed by atoms with van der Waals surface area (Å²) in [5, 5.41) is 8.92. The van der Waals surface area contributed by atoms with Gasteiger partial charge in [0.05, 0.1) is 5.69 Å². The van der Waals surface area contributed by atoms with Crippen molar-refractivity contribution in [1.82, 2.24) is 4.98 Å². The zero-order valence-corrected chi connectivity index (χ0v) is 9.64. The van der Waals surface area contributed by atoms with Crippen LogP contribution in [0.5, 0.6) is 11.6 Å². The van der Waals surface area contributed by atoms with E-state index in [-0.39, 0.29) is 22.9 Å². The molecule has 0 saturated carbocycles. The van der Waals surface area contributed by atoms with Crippen LogP contribution in [0.3, 0.4) is 0 Å². The second-order valence-electron chi connectivity index (χ2n) is 3.70. The molecule has 0 saturated heterocycles. The van der Waals surface area contributed by atoms with Crippen molar-refractivity contribution in [3.05, 3.63) is 47.4 Å². The standard InChI is InChI=1S/C13H10FN3O/c1-8-2-3-9(7-15)13(17-8)18-10-4-5-12(16)11(14)6-10/h2-6H,16H2,1H3. The molecule has 0 aliphatic heterocycles. The van der Waals surface area contributed by atoms with Crippen LogP contribution in [0.2, 0.25) is 0 Å². The minimum absolute atomic E-state index is 0.0417. The number of anilines is 1. The number of nitrogen functional groups attached to an aromatic ring is 1. The maximum atomic E-state index is 13.3. The topological polar surface area (TPSA) is 71.9 Å². The average Bonchev–Trinajstić information content (AvgIpc) is 2.34. The summed E-state index contributed by atoms with van der Waals surface area (Å²) in [5.74, 6) is -0.170. The maximum absolute atomic E-state index is 13.3. The van der Waals surface area contributed by atoms with E-state index in [9.17, 15) is 4.39 Å². The lowest BCUT2D eigenvalue weighted by Gasteiger charge is -2.07. The Morgan fingerprint density at radius 1 is 1.33 bits per heavy atom. The van der Waals surface area contributed by atoms with Crippen LogP contribution in [0.25, 0.3) is 0 Å². The largest absolute Gasteiger partial charge is 0.438 e. The fraction of sp³-hybridized carbons (Fsp3) is 0.0769. The Morgan fingerprint density at radius 3 is 2.78 bits per heavy atom. The normalized spacial score (nSPS) is 9.83. The summed E-state index contributed by atoms with van der Waals surface area (Å²) in [6, 6.07) is 9.34. The van der Waals surface area contributed by atoms with E-state index in [4.69, 9.17) is 15.7 Å². The van der Waals surface area contributed by atoms with Crippen molar-refractivity contribution >= 4 is 5.69 Å². The third-order valence-electron chi connectivity index (χ3n) is 2.31. The van der Waals surface area contributed by atoms with Gasteiger partial charge in [-0.1, -0.05) is 0 Å². The van der Waals surface area contributed by atoms with Gasteiger partial charge in [0.25, 0.3) is 0 Å². The average molecular weight is 243 g/mol. The molecule has 0 atom stereocenters. The number of nitrogens with zero attached hydrogens (tertiary/aromatic N) is 2. The number of aryl methyl sites for hydroxylation is 1. The molecule has 0 amide bonds. The van der Waals surface area contributed by atoms with Crippen molar-refractivity contribution in [3.63, 3.8) is 0 Å². The van der Waals surface area contributed by atoms with Gasteiger partial charge in [0, 0.05) is 11.8 Å². The molecule has 0 fully saturated rings. The molecule has 18 heavy (non-hydrogen) atoms. The zero-order chi connectivity index (χ0) is 13.1. The number of ether oxygens (including phenoxy) is 1. The maximum Gasteiger partial charge on any atom is 0.237 e. The van der Waals surface area contributed by atoms with Crippen LogP contribution in [0, 0.1) is 24.1 Å². The van der Waals surface area contributed by atoms with Gasteiger partial charge in [0.15, 0.2) is 0 Å². The highest BCUT2D eigenvalue weighted by atomic mass is 19.1. The number of nitrogens with two attached hydrogens (primary N) is 1. The van der Waals surface area contributed by atoms with Crippen molar-refractivity contribution in [2.24, 2.45) is 0 Å². The fourth-order valence-electron chi connectivity index (χ4n) is 1.38. The molecule has 5 heteroatoms. The van der Waals surface area contributed by atoms with Gasteiger partial charge in [-0.3, -0.25) is 0 Å². The van der Waals surface area contributed by atoms with E-state index < -0.39 is 5.82 Å². The molecule has 2 rings (SSSR count). The van der Waals surface area contributed by atoms with Crippen molar-refractivity contribution in [1.29, 1.82) is 5.26 Å². The van der Waals surface area contributed by atoms with E-state index in [2.05, 4.69) is 4.98 Å². The lowest BCUT2D eigenvalue weighted by Crippen LogP contribution is -1.95. The Hall–Kier alpha value is -2.61. The lowest BCUT2D eigenvalue weighted by molar-refractivity contribution is 0.455. The Balaban J connectivity index is 2.36. The summed E-state index contributed by atoms with van der Waals surface area (Å²) in [7, 11) is 0. The van der Waals surface area contributed by atoms with Crippen molar-refractivity contribution in [2.75, 3.05) is 5.73 Å². The fourth-order valence-corrected chi connectivity index (χ4v) is 1.38. The molecule has 0 aliphatic carbocycles. The number of hydrogen-bond acceptors (Lipinski definition) is 4. The van der Waals surface area contributed by atoms with Gasteiger partial charge in [-0.15, -0.1) is 0 Å². The first kappa shape index (κ1) is 11.9. The molecular formula is C13H10FN3O. The third-order valence-corrected chi connectivity index (χ3v) is 2.31. The molecule has 4 nitrogen and oxygen atoms in total. The van der Waals surface area contributed by atoms with Crippen LogP contribution < -0.4 is 10.5 Å². The van der Waals surface area contributed by atoms with Crippen molar-refractivity contribution in [3.8, 4) is 17.7 Å². The van der Waals surface area contributed by atoms with E-state index in [1.165, 1.54) is 12.1 Å². The van der Waals surface area contributed by atoms with E-state index in [0.29, 0.717) is 5.69 Å². The van der Waals surface area contributed by atoms with E-state index in [1.54, 1.807) is 19.1 Å². The second-order valence-corrected chi connectivity index (χ2v) is 3.70. The molecule has 90 valence electrons. The highest BCUT2D eigenvalue weighted by molar-refractivity contribution is 5.46. The monoisotopic (exact) mass is 243 g/mol. The summed E-state index contributed by atoms with van der Waals surface area (Å²) >= 11 is 0. The molecule has 0 spiro atoms. The second kappa shape index (κ2) is 4.72. The van der Waals surface area contributed by atoms with Gasteiger partial charge >= 0.3 is 0 Å². The summed E-state index contributed by atoms with van der Waals surface area (Å²) in [6.07, 6.45) is 0. The molecule has 1 aromatic heterocycles. The predicted octanol–water partition coefficient (Wildman–Crippen LogP) is 2.78. The van der Waals surface area contributed by atoms with Crippen LogP contribution >= 0.6 is 0 Å². The minimum Gasteiger partial charge on any atom is -0.438 e. The molecule has 2 N–H and O–H groups in total. The predicted molar refractivity (Wildman–Crippen MR) is 64.6 cm³/mol. The van der Waals surface area contributed by atoms with Crippen LogP contribution in [0.1, 0.15) is 11.3 Å². The van der Waals surface area contributed by atoms with Crippen molar-refractivity contribution in [2.45, 2.75) is 6.92 Å². The highest BCUT2D eigenvalue weighted by Crippen LogP contribution is 2.25. The number of benzene rings is 1. The summed E-state index contributed by atoms with van der Waals surface area (Å²) in [6.45, 7) is 1.78. The Morgan fingerprint density at radius 2 is 2.11 bits per heavy atom. The van der Waals surface area contributed by atoms with Crippen molar-refractivity contribution < 1.29 is 9.13 Å². The van der Waals surface area contributed by atoms with Gasteiger partial charge in [0.2, 0.25) is 5.88 Å². The number of nitriles is 1. The summed E-state index contributed by atoms with van der Waals surface area (Å²) in [4.78, 5) is 4.09. The first-order chi connectivity index (χ1) is 8.60. The summed E-state index contributed by atoms with van der Waals surface area (Å²) < 4.78 is 18.6. The number of aromatic nitrogens is 1. The molecule has 0 bridgehead atoms. The minimum atomic E-state index is -0.571. The molecule has 2 aromatic rings.